The van der Waals surface area contributed by atoms with Crippen LogP contribution in [-0.4, -0.2) is 72.9 Å². The number of aliphatic hydroxyl groups excluding tert-OH is 1. The highest BCUT2D eigenvalue weighted by molar-refractivity contribution is 5.43. The Labute approximate surface area is 121 Å². The fourth-order valence-corrected chi connectivity index (χ4v) is 2.32. The molecular weight excluding hydrogens is 254 g/mol. The summed E-state index contributed by atoms with van der Waals surface area (Å²) in [5.41, 5.74) is 0. The van der Waals surface area contributed by atoms with Crippen LogP contribution in [0.25, 0.3) is 0 Å². The van der Waals surface area contributed by atoms with Gasteiger partial charge in [0.1, 0.15) is 5.82 Å². The van der Waals surface area contributed by atoms with Gasteiger partial charge in [0.15, 0.2) is 0 Å². The minimum atomic E-state index is -0.207. The van der Waals surface area contributed by atoms with E-state index in [2.05, 4.69) is 19.8 Å². The third-order valence-electron chi connectivity index (χ3n) is 3.66. The van der Waals surface area contributed by atoms with Crippen LogP contribution in [0.4, 0.5) is 11.8 Å². The molecule has 2 rings (SSSR count). The van der Waals surface area contributed by atoms with E-state index in [4.69, 9.17) is 0 Å². The molecule has 0 amide bonds. The van der Waals surface area contributed by atoms with Gasteiger partial charge >= 0.3 is 0 Å². The zero-order valence-electron chi connectivity index (χ0n) is 12.7. The van der Waals surface area contributed by atoms with Gasteiger partial charge in [-0.2, -0.15) is 4.98 Å². The lowest BCUT2D eigenvalue weighted by molar-refractivity contribution is 0.106. The van der Waals surface area contributed by atoms with E-state index in [0.717, 1.165) is 50.9 Å². The zero-order valence-corrected chi connectivity index (χ0v) is 12.7. The smallest absolute Gasteiger partial charge is 0.226 e. The number of aromatic nitrogens is 2. The molecule has 0 aliphatic carbocycles. The van der Waals surface area contributed by atoms with Crippen LogP contribution in [0.15, 0.2) is 12.3 Å². The van der Waals surface area contributed by atoms with Crippen molar-refractivity contribution in [3.8, 4) is 0 Å². The van der Waals surface area contributed by atoms with Gasteiger partial charge in [-0.1, -0.05) is 6.92 Å². The van der Waals surface area contributed by atoms with E-state index in [1.165, 1.54) is 0 Å². The van der Waals surface area contributed by atoms with Gasteiger partial charge in [-0.3, -0.25) is 4.90 Å². The van der Waals surface area contributed by atoms with Gasteiger partial charge in [-0.05, 0) is 12.5 Å². The summed E-state index contributed by atoms with van der Waals surface area (Å²) in [4.78, 5) is 15.3. The van der Waals surface area contributed by atoms with Crippen molar-refractivity contribution in [2.75, 3.05) is 56.6 Å². The average Bonchev–Trinajstić information content (AvgIpc) is 2.48. The van der Waals surface area contributed by atoms with E-state index in [1.807, 2.05) is 38.2 Å². The first-order valence-electron chi connectivity index (χ1n) is 7.26. The maximum absolute atomic E-state index is 9.71. The van der Waals surface area contributed by atoms with Crippen molar-refractivity contribution in [2.45, 2.75) is 19.4 Å². The Hall–Kier alpha value is -1.40. The lowest BCUT2D eigenvalue weighted by Crippen LogP contribution is -2.48. The van der Waals surface area contributed by atoms with E-state index < -0.39 is 0 Å². The number of nitrogens with zero attached hydrogens (tertiary/aromatic N) is 5. The van der Waals surface area contributed by atoms with Crippen LogP contribution in [0, 0.1) is 0 Å². The molecule has 1 saturated heterocycles. The average molecular weight is 279 g/mol. The fourth-order valence-electron chi connectivity index (χ4n) is 2.32. The number of β-amino-alcohol motifs (C(OH)–C–C–N with tert-alkyl or cyclic N) is 1. The number of hydrogen-bond donors (Lipinski definition) is 1. The molecule has 0 aromatic carbocycles. The van der Waals surface area contributed by atoms with Crippen molar-refractivity contribution >= 4 is 11.8 Å². The summed E-state index contributed by atoms with van der Waals surface area (Å²) in [6, 6.07) is 1.96. The Morgan fingerprint density at radius 2 is 2.00 bits per heavy atom. The first kappa shape index (κ1) is 15.0. The second kappa shape index (κ2) is 6.85. The lowest BCUT2D eigenvalue weighted by atomic mass is 10.2. The van der Waals surface area contributed by atoms with Gasteiger partial charge in [-0.15, -0.1) is 0 Å². The minimum absolute atomic E-state index is 0.207. The molecule has 0 spiro atoms. The summed E-state index contributed by atoms with van der Waals surface area (Å²) in [6.07, 6.45) is 2.42. The van der Waals surface area contributed by atoms with Crippen LogP contribution in [0.5, 0.6) is 0 Å². The van der Waals surface area contributed by atoms with E-state index in [9.17, 15) is 5.11 Å². The predicted molar refractivity (Wildman–Crippen MR) is 81.3 cm³/mol. The van der Waals surface area contributed by atoms with E-state index in [-0.39, 0.29) is 6.10 Å². The Kier molecular flexibility index (Phi) is 5.14. The molecule has 1 unspecified atom stereocenters. The van der Waals surface area contributed by atoms with Gasteiger partial charge < -0.3 is 14.9 Å². The molecule has 1 fully saturated rings. The molecule has 0 saturated carbocycles. The number of rotatable bonds is 5. The SMILES string of the molecule is CCC(O)CN1CCN(c2ccnc(N(C)C)n2)CC1. The summed E-state index contributed by atoms with van der Waals surface area (Å²) in [5.74, 6) is 1.73. The molecule has 112 valence electrons. The largest absolute Gasteiger partial charge is 0.392 e. The summed E-state index contributed by atoms with van der Waals surface area (Å²) in [6.45, 7) is 6.62. The van der Waals surface area contributed by atoms with Crippen LogP contribution in [0.2, 0.25) is 0 Å². The fraction of sp³-hybridized carbons (Fsp3) is 0.714. The second-order valence-corrected chi connectivity index (χ2v) is 5.46. The molecule has 1 aliphatic heterocycles. The zero-order chi connectivity index (χ0) is 14.5. The number of piperazine rings is 1. The Morgan fingerprint density at radius 1 is 1.30 bits per heavy atom. The maximum Gasteiger partial charge on any atom is 0.226 e. The van der Waals surface area contributed by atoms with Crippen molar-refractivity contribution < 1.29 is 5.11 Å². The third kappa shape index (κ3) is 3.80. The Morgan fingerprint density at radius 3 is 2.60 bits per heavy atom. The van der Waals surface area contributed by atoms with Crippen molar-refractivity contribution in [1.29, 1.82) is 0 Å². The number of hydrogen-bond acceptors (Lipinski definition) is 6. The van der Waals surface area contributed by atoms with Crippen LogP contribution in [-0.2, 0) is 0 Å². The highest BCUT2D eigenvalue weighted by Crippen LogP contribution is 2.15. The molecule has 0 bridgehead atoms. The van der Waals surface area contributed by atoms with Crippen LogP contribution < -0.4 is 9.80 Å². The molecule has 1 atom stereocenters. The molecule has 2 heterocycles. The lowest BCUT2D eigenvalue weighted by Gasteiger charge is -2.36. The molecule has 1 aromatic rings. The van der Waals surface area contributed by atoms with Crippen molar-refractivity contribution in [3.05, 3.63) is 12.3 Å². The Balaban J connectivity index is 1.92. The van der Waals surface area contributed by atoms with Gasteiger partial charge in [0.05, 0.1) is 6.10 Å². The molecule has 0 radical (unpaired) electrons. The number of anilines is 2. The van der Waals surface area contributed by atoms with Gasteiger partial charge in [0.25, 0.3) is 0 Å². The molecule has 6 heteroatoms. The van der Waals surface area contributed by atoms with Gasteiger partial charge in [0, 0.05) is 53.0 Å². The molecule has 20 heavy (non-hydrogen) atoms. The molecule has 1 aliphatic rings. The molecule has 1 N–H and O–H groups in total. The van der Waals surface area contributed by atoms with Crippen molar-refractivity contribution in [3.63, 3.8) is 0 Å². The topological polar surface area (TPSA) is 55.7 Å². The summed E-state index contributed by atoms with van der Waals surface area (Å²) in [7, 11) is 3.90. The highest BCUT2D eigenvalue weighted by atomic mass is 16.3. The summed E-state index contributed by atoms with van der Waals surface area (Å²) in [5, 5.41) is 9.71. The monoisotopic (exact) mass is 279 g/mol. The molecule has 1 aromatic heterocycles. The van der Waals surface area contributed by atoms with Gasteiger partial charge in [0.2, 0.25) is 5.95 Å². The second-order valence-electron chi connectivity index (χ2n) is 5.46. The molecule has 6 nitrogen and oxygen atoms in total. The first-order chi connectivity index (χ1) is 9.60. The Bertz CT molecular complexity index is 418. The van der Waals surface area contributed by atoms with Crippen molar-refractivity contribution in [1.82, 2.24) is 14.9 Å². The molecular formula is C14H25N5O. The quantitative estimate of drug-likeness (QED) is 0.844. The normalized spacial score (nSPS) is 18.1. The van der Waals surface area contributed by atoms with Crippen LogP contribution >= 0.6 is 0 Å². The third-order valence-corrected chi connectivity index (χ3v) is 3.66. The van der Waals surface area contributed by atoms with Crippen molar-refractivity contribution in [2.24, 2.45) is 0 Å². The van der Waals surface area contributed by atoms with E-state index >= 15 is 0 Å². The number of aliphatic hydroxyl groups is 1. The van der Waals surface area contributed by atoms with E-state index in [0.29, 0.717) is 0 Å². The highest BCUT2D eigenvalue weighted by Gasteiger charge is 2.20. The summed E-state index contributed by atoms with van der Waals surface area (Å²) < 4.78 is 0. The van der Waals surface area contributed by atoms with Gasteiger partial charge in [-0.25, -0.2) is 4.98 Å². The summed E-state index contributed by atoms with van der Waals surface area (Å²) >= 11 is 0. The van der Waals surface area contributed by atoms with Crippen LogP contribution in [0.3, 0.4) is 0 Å². The predicted octanol–water partition coefficient (Wildman–Crippen LogP) is 0.436. The first-order valence-corrected chi connectivity index (χ1v) is 7.26. The van der Waals surface area contributed by atoms with Crippen LogP contribution in [0.1, 0.15) is 13.3 Å². The maximum atomic E-state index is 9.71. The minimum Gasteiger partial charge on any atom is -0.392 e. The standard InChI is InChI=1S/C14H25N5O/c1-4-12(20)11-18-7-9-19(10-8-18)13-5-6-15-14(16-13)17(2)3/h5-6,12,20H,4,7-11H2,1-3H3. The van der Waals surface area contributed by atoms with E-state index in [1.54, 1.807) is 0 Å².